The third-order valence-corrected chi connectivity index (χ3v) is 4.99. The average Bonchev–Trinajstić information content (AvgIpc) is 2.93. The SMILES string of the molecule is CCOc1cc(/C=C2/N=C(C)OC2=O)cc(I)c1OCc1ccc(Br)cc1. The van der Waals surface area contributed by atoms with Crippen LogP contribution in [0.1, 0.15) is 25.0 Å². The summed E-state index contributed by atoms with van der Waals surface area (Å²) < 4.78 is 18.6. The Morgan fingerprint density at radius 3 is 2.59 bits per heavy atom. The van der Waals surface area contributed by atoms with Crippen molar-refractivity contribution < 1.29 is 19.0 Å². The molecule has 0 bridgehead atoms. The van der Waals surface area contributed by atoms with Gasteiger partial charge in [-0.15, -0.1) is 0 Å². The summed E-state index contributed by atoms with van der Waals surface area (Å²) in [5.74, 6) is 1.20. The van der Waals surface area contributed by atoms with Crippen molar-refractivity contribution in [2.45, 2.75) is 20.5 Å². The van der Waals surface area contributed by atoms with Gasteiger partial charge < -0.3 is 14.2 Å². The highest BCUT2D eigenvalue weighted by Crippen LogP contribution is 2.36. The van der Waals surface area contributed by atoms with E-state index in [0.717, 1.165) is 19.2 Å². The van der Waals surface area contributed by atoms with Crippen molar-refractivity contribution in [2.24, 2.45) is 4.99 Å². The number of hydrogen-bond donors (Lipinski definition) is 0. The maximum Gasteiger partial charge on any atom is 0.363 e. The fraction of sp³-hybridized carbons (Fsp3) is 0.200. The summed E-state index contributed by atoms with van der Waals surface area (Å²) in [5, 5.41) is 0. The number of ether oxygens (including phenoxy) is 3. The Balaban J connectivity index is 1.87. The smallest absolute Gasteiger partial charge is 0.363 e. The average molecular weight is 542 g/mol. The molecule has 0 saturated carbocycles. The monoisotopic (exact) mass is 541 g/mol. The lowest BCUT2D eigenvalue weighted by atomic mass is 10.1. The van der Waals surface area contributed by atoms with E-state index >= 15 is 0 Å². The Labute approximate surface area is 179 Å². The minimum absolute atomic E-state index is 0.272. The molecule has 1 aliphatic rings. The summed E-state index contributed by atoms with van der Waals surface area (Å²) in [7, 11) is 0. The first-order valence-electron chi connectivity index (χ1n) is 8.29. The van der Waals surface area contributed by atoms with Crippen molar-refractivity contribution in [3.05, 3.63) is 61.3 Å². The highest BCUT2D eigenvalue weighted by atomic mass is 127. The number of rotatable bonds is 6. The van der Waals surface area contributed by atoms with E-state index in [1.807, 2.05) is 43.3 Å². The Hall–Kier alpha value is -1.87. The van der Waals surface area contributed by atoms with Crippen LogP contribution in [-0.4, -0.2) is 18.5 Å². The molecule has 0 aliphatic carbocycles. The molecule has 0 unspecified atom stereocenters. The standard InChI is InChI=1S/C20H17BrINO4/c1-3-25-18-10-14(9-17-20(24)27-12(2)23-17)8-16(22)19(18)26-11-13-4-6-15(21)7-5-13/h4-10H,3,11H2,1-2H3/b17-9+. The minimum atomic E-state index is -0.448. The molecule has 0 N–H and O–H groups in total. The molecular formula is C20H17BrINO4. The van der Waals surface area contributed by atoms with E-state index in [0.29, 0.717) is 30.6 Å². The lowest BCUT2D eigenvalue weighted by Crippen LogP contribution is -2.02. The number of benzene rings is 2. The van der Waals surface area contributed by atoms with Gasteiger partial charge in [-0.3, -0.25) is 0 Å². The number of esters is 1. The van der Waals surface area contributed by atoms with Gasteiger partial charge in [-0.1, -0.05) is 28.1 Å². The number of nitrogens with zero attached hydrogens (tertiary/aromatic N) is 1. The molecule has 1 aliphatic heterocycles. The van der Waals surface area contributed by atoms with Gasteiger partial charge in [0, 0.05) is 11.4 Å². The number of cyclic esters (lactones) is 1. The summed E-state index contributed by atoms with van der Waals surface area (Å²) >= 11 is 5.63. The van der Waals surface area contributed by atoms with Gasteiger partial charge in [0.15, 0.2) is 23.1 Å². The van der Waals surface area contributed by atoms with E-state index in [2.05, 4.69) is 43.5 Å². The number of carbonyl (C=O) groups excluding carboxylic acids is 1. The quantitative estimate of drug-likeness (QED) is 0.281. The number of hydrogen-bond acceptors (Lipinski definition) is 5. The van der Waals surface area contributed by atoms with E-state index in [1.54, 1.807) is 13.0 Å². The van der Waals surface area contributed by atoms with Crippen LogP contribution in [0.25, 0.3) is 6.08 Å². The van der Waals surface area contributed by atoms with Gasteiger partial charge in [-0.05, 0) is 71.0 Å². The molecule has 7 heteroatoms. The van der Waals surface area contributed by atoms with Crippen LogP contribution in [0.15, 0.2) is 51.6 Å². The topological polar surface area (TPSA) is 57.1 Å². The van der Waals surface area contributed by atoms with Crippen LogP contribution in [0.4, 0.5) is 0 Å². The number of aliphatic imine (C=N–C) groups is 1. The lowest BCUT2D eigenvalue weighted by molar-refractivity contribution is -0.130. The van der Waals surface area contributed by atoms with Gasteiger partial charge in [-0.2, -0.15) is 0 Å². The summed E-state index contributed by atoms with van der Waals surface area (Å²) in [5.41, 5.74) is 2.12. The lowest BCUT2D eigenvalue weighted by Gasteiger charge is -2.15. The van der Waals surface area contributed by atoms with Crippen molar-refractivity contribution in [2.75, 3.05) is 6.61 Å². The summed E-state index contributed by atoms with van der Waals surface area (Å²) in [6.45, 7) is 4.50. The molecule has 5 nitrogen and oxygen atoms in total. The highest BCUT2D eigenvalue weighted by molar-refractivity contribution is 14.1. The van der Waals surface area contributed by atoms with Crippen LogP contribution >= 0.6 is 38.5 Å². The van der Waals surface area contributed by atoms with E-state index in [9.17, 15) is 4.79 Å². The van der Waals surface area contributed by atoms with Crippen molar-refractivity contribution in [3.8, 4) is 11.5 Å². The molecule has 1 heterocycles. The van der Waals surface area contributed by atoms with Crippen LogP contribution < -0.4 is 9.47 Å². The summed E-state index contributed by atoms with van der Waals surface area (Å²) in [4.78, 5) is 15.9. The summed E-state index contributed by atoms with van der Waals surface area (Å²) in [6, 6.07) is 11.7. The predicted octanol–water partition coefficient (Wildman–Crippen LogP) is 5.35. The Morgan fingerprint density at radius 1 is 1.22 bits per heavy atom. The fourth-order valence-corrected chi connectivity index (χ4v) is 3.53. The minimum Gasteiger partial charge on any atom is -0.490 e. The van der Waals surface area contributed by atoms with Crippen LogP contribution in [-0.2, 0) is 16.1 Å². The molecule has 0 amide bonds. The summed E-state index contributed by atoms with van der Waals surface area (Å²) in [6.07, 6.45) is 1.68. The maximum atomic E-state index is 11.8. The van der Waals surface area contributed by atoms with Gasteiger partial charge in [-0.25, -0.2) is 9.79 Å². The van der Waals surface area contributed by atoms with Crippen LogP contribution in [0.3, 0.4) is 0 Å². The normalized spacial score (nSPS) is 14.9. The van der Waals surface area contributed by atoms with Crippen LogP contribution in [0, 0.1) is 3.57 Å². The van der Waals surface area contributed by atoms with Gasteiger partial charge in [0.25, 0.3) is 0 Å². The molecule has 0 spiro atoms. The van der Waals surface area contributed by atoms with Gasteiger partial charge in [0.05, 0.1) is 10.2 Å². The van der Waals surface area contributed by atoms with E-state index in [-0.39, 0.29) is 5.70 Å². The first kappa shape index (κ1) is 19.9. The van der Waals surface area contributed by atoms with Gasteiger partial charge >= 0.3 is 5.97 Å². The second-order valence-electron chi connectivity index (χ2n) is 5.73. The van der Waals surface area contributed by atoms with Crippen molar-refractivity contribution in [3.63, 3.8) is 0 Å². The molecule has 2 aromatic carbocycles. The predicted molar refractivity (Wildman–Crippen MR) is 116 cm³/mol. The second kappa shape index (κ2) is 8.88. The van der Waals surface area contributed by atoms with Crippen LogP contribution in [0.2, 0.25) is 0 Å². The van der Waals surface area contributed by atoms with Crippen molar-refractivity contribution in [1.29, 1.82) is 0 Å². The first-order valence-corrected chi connectivity index (χ1v) is 10.2. The van der Waals surface area contributed by atoms with E-state index in [1.165, 1.54) is 0 Å². The van der Waals surface area contributed by atoms with E-state index in [4.69, 9.17) is 14.2 Å². The molecule has 0 aromatic heterocycles. The number of halogens is 2. The molecule has 140 valence electrons. The number of carbonyl (C=O) groups is 1. The second-order valence-corrected chi connectivity index (χ2v) is 7.81. The molecule has 2 aromatic rings. The first-order chi connectivity index (χ1) is 13.0. The Bertz CT molecular complexity index is 922. The molecular weight excluding hydrogens is 525 g/mol. The molecule has 0 fully saturated rings. The largest absolute Gasteiger partial charge is 0.490 e. The molecule has 3 rings (SSSR count). The highest BCUT2D eigenvalue weighted by Gasteiger charge is 2.20. The molecule has 0 radical (unpaired) electrons. The molecule has 27 heavy (non-hydrogen) atoms. The van der Waals surface area contributed by atoms with Crippen LogP contribution in [0.5, 0.6) is 11.5 Å². The fourth-order valence-electron chi connectivity index (χ4n) is 2.48. The Kier molecular flexibility index (Phi) is 6.54. The Morgan fingerprint density at radius 2 is 1.96 bits per heavy atom. The van der Waals surface area contributed by atoms with Gasteiger partial charge in [0.2, 0.25) is 0 Å². The molecule has 0 atom stereocenters. The van der Waals surface area contributed by atoms with Crippen molar-refractivity contribution in [1.82, 2.24) is 0 Å². The third-order valence-electron chi connectivity index (χ3n) is 3.66. The third kappa shape index (κ3) is 5.10. The maximum absolute atomic E-state index is 11.8. The van der Waals surface area contributed by atoms with Gasteiger partial charge in [0.1, 0.15) is 6.61 Å². The zero-order valence-electron chi connectivity index (χ0n) is 14.8. The van der Waals surface area contributed by atoms with Crippen molar-refractivity contribution >= 4 is 56.5 Å². The molecule has 0 saturated heterocycles. The zero-order valence-corrected chi connectivity index (χ0v) is 18.5. The van der Waals surface area contributed by atoms with E-state index < -0.39 is 5.97 Å². The zero-order chi connectivity index (χ0) is 19.4.